The second-order valence-corrected chi connectivity index (χ2v) is 8.74. The molecule has 1 aliphatic heterocycles. The van der Waals surface area contributed by atoms with Crippen LogP contribution in [0.4, 0.5) is 0 Å². The van der Waals surface area contributed by atoms with Gasteiger partial charge in [-0.05, 0) is 42.1 Å². The molecule has 0 unspecified atom stereocenters. The summed E-state index contributed by atoms with van der Waals surface area (Å²) >= 11 is 6.37. The van der Waals surface area contributed by atoms with E-state index in [4.69, 9.17) is 11.6 Å². The van der Waals surface area contributed by atoms with Crippen LogP contribution in [0.5, 0.6) is 0 Å². The van der Waals surface area contributed by atoms with E-state index < -0.39 is 0 Å². The molecule has 1 heterocycles. The molecule has 1 aliphatic rings. The van der Waals surface area contributed by atoms with Gasteiger partial charge in [0.05, 0.1) is 5.92 Å². The first-order valence-electron chi connectivity index (χ1n) is 11.0. The quantitative estimate of drug-likeness (QED) is 0.472. The molecule has 1 atom stereocenters. The van der Waals surface area contributed by atoms with Gasteiger partial charge in [-0.3, -0.25) is 9.69 Å². The Morgan fingerprint density at radius 1 is 0.871 bits per heavy atom. The zero-order valence-corrected chi connectivity index (χ0v) is 18.5. The average Bonchev–Trinajstić information content (AvgIpc) is 2.81. The zero-order valence-electron chi connectivity index (χ0n) is 17.8. The number of carbonyl (C=O) groups is 1. The number of piperidine rings is 1. The Morgan fingerprint density at radius 2 is 1.45 bits per heavy atom. The third-order valence-electron chi connectivity index (χ3n) is 5.95. The summed E-state index contributed by atoms with van der Waals surface area (Å²) in [7, 11) is 0. The van der Waals surface area contributed by atoms with Crippen molar-refractivity contribution < 1.29 is 4.79 Å². The van der Waals surface area contributed by atoms with Crippen LogP contribution >= 0.6 is 11.6 Å². The smallest absolute Gasteiger partial charge is 0.227 e. The number of hydrogen-bond donors (Lipinski definition) is 0. The molecule has 0 saturated carbocycles. The molecule has 0 spiro atoms. The van der Waals surface area contributed by atoms with Gasteiger partial charge in [-0.1, -0.05) is 90.5 Å². The lowest BCUT2D eigenvalue weighted by molar-refractivity contribution is -0.138. The maximum absolute atomic E-state index is 13.6. The summed E-state index contributed by atoms with van der Waals surface area (Å²) in [4.78, 5) is 18.0. The van der Waals surface area contributed by atoms with Crippen molar-refractivity contribution in [1.29, 1.82) is 0 Å². The fourth-order valence-corrected chi connectivity index (χ4v) is 4.54. The first-order valence-corrected chi connectivity index (χ1v) is 11.4. The van der Waals surface area contributed by atoms with Crippen molar-refractivity contribution in [3.8, 4) is 0 Å². The lowest BCUT2D eigenvalue weighted by Crippen LogP contribution is -2.44. The molecule has 0 aromatic heterocycles. The molecule has 0 radical (unpaired) electrons. The van der Waals surface area contributed by atoms with E-state index in [0.29, 0.717) is 13.1 Å². The van der Waals surface area contributed by atoms with Gasteiger partial charge >= 0.3 is 0 Å². The molecule has 1 amide bonds. The van der Waals surface area contributed by atoms with Crippen molar-refractivity contribution >= 4 is 17.5 Å². The van der Waals surface area contributed by atoms with Crippen LogP contribution in [0.15, 0.2) is 84.9 Å². The van der Waals surface area contributed by atoms with E-state index in [1.165, 1.54) is 0 Å². The van der Waals surface area contributed by atoms with Crippen LogP contribution < -0.4 is 0 Å². The van der Waals surface area contributed by atoms with Gasteiger partial charge in [-0.15, -0.1) is 0 Å². The summed E-state index contributed by atoms with van der Waals surface area (Å²) in [6.45, 7) is 3.85. The van der Waals surface area contributed by atoms with E-state index in [1.807, 2.05) is 59.5 Å². The Morgan fingerprint density at radius 3 is 2.06 bits per heavy atom. The van der Waals surface area contributed by atoms with Crippen LogP contribution in [-0.2, 0) is 24.4 Å². The van der Waals surface area contributed by atoms with Gasteiger partial charge < -0.3 is 4.90 Å². The highest BCUT2D eigenvalue weighted by atomic mass is 35.5. The van der Waals surface area contributed by atoms with Crippen LogP contribution in [0.25, 0.3) is 0 Å². The molecule has 4 rings (SSSR count). The van der Waals surface area contributed by atoms with Crippen LogP contribution in [-0.4, -0.2) is 28.8 Å². The zero-order chi connectivity index (χ0) is 21.5. The Bertz CT molecular complexity index is 935. The van der Waals surface area contributed by atoms with Crippen LogP contribution in [0.1, 0.15) is 29.5 Å². The van der Waals surface area contributed by atoms with Crippen LogP contribution in [0, 0.1) is 5.92 Å². The summed E-state index contributed by atoms with van der Waals surface area (Å²) in [5, 5.41) is 0.797. The van der Waals surface area contributed by atoms with E-state index in [-0.39, 0.29) is 11.8 Å². The van der Waals surface area contributed by atoms with Gasteiger partial charge in [0.15, 0.2) is 0 Å². The highest BCUT2D eigenvalue weighted by molar-refractivity contribution is 6.31. The summed E-state index contributed by atoms with van der Waals surface area (Å²) in [6.07, 6.45) is 1.98. The Balaban J connectivity index is 1.47. The molecule has 1 fully saturated rings. The van der Waals surface area contributed by atoms with E-state index >= 15 is 0 Å². The molecular formula is C27H29ClN2O. The van der Waals surface area contributed by atoms with Gasteiger partial charge in [0.1, 0.15) is 0 Å². The van der Waals surface area contributed by atoms with Crippen molar-refractivity contribution in [2.45, 2.75) is 32.5 Å². The van der Waals surface area contributed by atoms with Crippen LogP contribution in [0.2, 0.25) is 5.02 Å². The van der Waals surface area contributed by atoms with E-state index in [2.05, 4.69) is 35.2 Å². The number of benzene rings is 3. The predicted molar refractivity (Wildman–Crippen MR) is 127 cm³/mol. The lowest BCUT2D eigenvalue weighted by atomic mass is 9.95. The molecule has 3 nitrogen and oxygen atoms in total. The Labute approximate surface area is 190 Å². The topological polar surface area (TPSA) is 23.6 Å². The summed E-state index contributed by atoms with van der Waals surface area (Å²) in [5.41, 5.74) is 3.45. The molecule has 0 bridgehead atoms. The van der Waals surface area contributed by atoms with Gasteiger partial charge in [0.2, 0.25) is 5.91 Å². The monoisotopic (exact) mass is 432 g/mol. The summed E-state index contributed by atoms with van der Waals surface area (Å²) < 4.78 is 0. The third-order valence-corrected chi connectivity index (χ3v) is 6.32. The molecule has 0 aliphatic carbocycles. The lowest BCUT2D eigenvalue weighted by Gasteiger charge is -2.35. The fourth-order valence-electron chi connectivity index (χ4n) is 4.35. The SMILES string of the molecule is O=C([C@H]1CCCN(Cc2ccccc2Cl)C1)N(Cc1ccccc1)Cc1ccccc1. The minimum Gasteiger partial charge on any atom is -0.334 e. The van der Waals surface area contributed by atoms with Crippen molar-refractivity contribution in [1.82, 2.24) is 9.80 Å². The van der Waals surface area contributed by atoms with Crippen molar-refractivity contribution in [2.24, 2.45) is 5.92 Å². The highest BCUT2D eigenvalue weighted by Crippen LogP contribution is 2.24. The second-order valence-electron chi connectivity index (χ2n) is 8.33. The maximum Gasteiger partial charge on any atom is 0.227 e. The molecule has 1 saturated heterocycles. The maximum atomic E-state index is 13.6. The molecule has 31 heavy (non-hydrogen) atoms. The first-order chi connectivity index (χ1) is 15.2. The van der Waals surface area contributed by atoms with Gasteiger partial charge in [-0.2, -0.15) is 0 Å². The fraction of sp³-hybridized carbons (Fsp3) is 0.296. The van der Waals surface area contributed by atoms with E-state index in [1.54, 1.807) is 0 Å². The number of amides is 1. The number of nitrogens with zero attached hydrogens (tertiary/aromatic N) is 2. The number of likely N-dealkylation sites (tertiary alicyclic amines) is 1. The molecule has 160 valence electrons. The minimum atomic E-state index is 0.0173. The second kappa shape index (κ2) is 10.6. The first kappa shape index (κ1) is 21.6. The average molecular weight is 433 g/mol. The molecular weight excluding hydrogens is 404 g/mol. The standard InChI is InChI=1S/C27H29ClN2O/c28-26-16-8-7-14-24(26)20-29-17-9-15-25(21-29)27(31)30(18-22-10-3-1-4-11-22)19-23-12-5-2-6-13-23/h1-8,10-14,16,25H,9,15,17-21H2/t25-/m0/s1. The number of halogens is 1. The van der Waals surface area contributed by atoms with Gasteiger partial charge in [0, 0.05) is 31.2 Å². The Hall–Kier alpha value is -2.62. The van der Waals surface area contributed by atoms with Crippen molar-refractivity contribution in [3.05, 3.63) is 107 Å². The summed E-state index contributed by atoms with van der Waals surface area (Å²) in [6, 6.07) is 28.5. The number of hydrogen-bond acceptors (Lipinski definition) is 2. The predicted octanol–water partition coefficient (Wildman–Crippen LogP) is 5.78. The molecule has 3 aromatic carbocycles. The summed E-state index contributed by atoms with van der Waals surface area (Å²) in [5.74, 6) is 0.264. The molecule has 3 aromatic rings. The van der Waals surface area contributed by atoms with E-state index in [9.17, 15) is 4.79 Å². The normalized spacial score (nSPS) is 16.7. The minimum absolute atomic E-state index is 0.0173. The number of rotatable bonds is 7. The van der Waals surface area contributed by atoms with E-state index in [0.717, 1.165) is 54.2 Å². The van der Waals surface area contributed by atoms with Crippen LogP contribution in [0.3, 0.4) is 0 Å². The van der Waals surface area contributed by atoms with Gasteiger partial charge in [-0.25, -0.2) is 0 Å². The molecule has 4 heteroatoms. The number of carbonyl (C=O) groups excluding carboxylic acids is 1. The van der Waals surface area contributed by atoms with Crippen molar-refractivity contribution in [2.75, 3.05) is 13.1 Å². The largest absolute Gasteiger partial charge is 0.334 e. The van der Waals surface area contributed by atoms with Crippen molar-refractivity contribution in [3.63, 3.8) is 0 Å². The molecule has 0 N–H and O–H groups in total. The highest BCUT2D eigenvalue weighted by Gasteiger charge is 2.29. The third kappa shape index (κ3) is 5.96. The van der Waals surface area contributed by atoms with Gasteiger partial charge in [0.25, 0.3) is 0 Å². The Kier molecular flexibility index (Phi) is 7.39.